The molecule has 13 nitrogen and oxygen atoms in total. The molecule has 0 aliphatic carbocycles. The SMILES string of the molecule is CC(C)(C)OC(=O)NCC(=O)Nc1cc(Br)cc(-c2nn3c(N4CCN(C(=O)OC(C)(C)C)CC4)cc(=O)nc3s2)c1. The number of carbonyl (C=O) groups is 3. The molecule has 2 aromatic heterocycles. The van der Waals surface area contributed by atoms with Gasteiger partial charge in [-0.05, 0) is 59.7 Å². The van der Waals surface area contributed by atoms with Crippen LogP contribution in [0.2, 0.25) is 0 Å². The second-order valence-electron chi connectivity index (χ2n) is 11.6. The molecule has 0 atom stereocenters. The van der Waals surface area contributed by atoms with E-state index < -0.39 is 28.8 Å². The predicted molar refractivity (Wildman–Crippen MR) is 163 cm³/mol. The molecule has 1 aliphatic heterocycles. The summed E-state index contributed by atoms with van der Waals surface area (Å²) in [7, 11) is 0. The number of aromatic nitrogens is 3. The van der Waals surface area contributed by atoms with Crippen molar-refractivity contribution in [1.29, 1.82) is 0 Å². The van der Waals surface area contributed by atoms with Gasteiger partial charge in [0.25, 0.3) is 5.56 Å². The van der Waals surface area contributed by atoms with Gasteiger partial charge in [-0.1, -0.05) is 27.3 Å². The Hall–Kier alpha value is -3.72. The van der Waals surface area contributed by atoms with Crippen LogP contribution in [0.15, 0.2) is 33.5 Å². The Labute approximate surface area is 255 Å². The third-order valence-electron chi connectivity index (χ3n) is 5.71. The second kappa shape index (κ2) is 12.3. The van der Waals surface area contributed by atoms with Crippen LogP contribution in [0.1, 0.15) is 41.5 Å². The van der Waals surface area contributed by atoms with Gasteiger partial charge in [0.2, 0.25) is 10.9 Å². The Morgan fingerprint density at radius 1 is 0.976 bits per heavy atom. The fourth-order valence-corrected chi connectivity index (χ4v) is 5.43. The summed E-state index contributed by atoms with van der Waals surface area (Å²) < 4.78 is 12.9. The molecule has 0 spiro atoms. The van der Waals surface area contributed by atoms with Crippen molar-refractivity contribution < 1.29 is 23.9 Å². The van der Waals surface area contributed by atoms with E-state index in [0.29, 0.717) is 57.7 Å². The lowest BCUT2D eigenvalue weighted by Crippen LogP contribution is -2.50. The third kappa shape index (κ3) is 8.41. The minimum absolute atomic E-state index is 0.269. The highest BCUT2D eigenvalue weighted by Gasteiger charge is 2.27. The number of nitrogens with one attached hydrogen (secondary N) is 2. The van der Waals surface area contributed by atoms with E-state index in [1.54, 1.807) is 42.3 Å². The van der Waals surface area contributed by atoms with Crippen molar-refractivity contribution >= 4 is 61.8 Å². The highest BCUT2D eigenvalue weighted by molar-refractivity contribution is 9.10. The molecule has 15 heteroatoms. The Balaban J connectivity index is 1.50. The number of alkyl carbamates (subject to hydrolysis) is 1. The lowest BCUT2D eigenvalue weighted by Gasteiger charge is -2.36. The zero-order chi connectivity index (χ0) is 30.8. The van der Waals surface area contributed by atoms with Crippen molar-refractivity contribution in [2.24, 2.45) is 0 Å². The number of anilines is 2. The molecule has 3 amide bonds. The van der Waals surface area contributed by atoms with Gasteiger partial charge in [-0.3, -0.25) is 9.59 Å². The summed E-state index contributed by atoms with van der Waals surface area (Å²) in [5.41, 5.74) is -0.485. The first kappa shape index (κ1) is 31.2. The van der Waals surface area contributed by atoms with Gasteiger partial charge in [-0.15, -0.1) is 0 Å². The minimum atomic E-state index is -0.689. The van der Waals surface area contributed by atoms with Crippen molar-refractivity contribution in [3.05, 3.63) is 39.1 Å². The first-order chi connectivity index (χ1) is 19.6. The summed E-state index contributed by atoms with van der Waals surface area (Å²) in [4.78, 5) is 57.5. The molecule has 226 valence electrons. The van der Waals surface area contributed by atoms with Crippen LogP contribution in [0.3, 0.4) is 0 Å². The summed E-state index contributed by atoms with van der Waals surface area (Å²) in [6.07, 6.45) is -1.06. The molecule has 4 rings (SSSR count). The number of hydrogen-bond donors (Lipinski definition) is 2. The maximum Gasteiger partial charge on any atom is 0.410 e. The van der Waals surface area contributed by atoms with Crippen LogP contribution in [-0.4, -0.2) is 81.5 Å². The van der Waals surface area contributed by atoms with Gasteiger partial charge in [0.05, 0.1) is 0 Å². The molecule has 1 fully saturated rings. The molecule has 1 saturated heterocycles. The molecule has 42 heavy (non-hydrogen) atoms. The van der Waals surface area contributed by atoms with Gasteiger partial charge < -0.3 is 29.9 Å². The minimum Gasteiger partial charge on any atom is -0.444 e. The van der Waals surface area contributed by atoms with Crippen LogP contribution in [0.4, 0.5) is 21.1 Å². The normalized spacial score (nSPS) is 14.1. The number of piperazine rings is 1. The van der Waals surface area contributed by atoms with E-state index in [0.717, 1.165) is 0 Å². The molecule has 0 unspecified atom stereocenters. The average molecular weight is 665 g/mol. The molecular weight excluding hydrogens is 630 g/mol. The number of nitrogens with zero attached hydrogens (tertiary/aromatic N) is 5. The maximum absolute atomic E-state index is 12.5. The molecule has 0 bridgehead atoms. The van der Waals surface area contributed by atoms with Gasteiger partial charge in [-0.2, -0.15) is 14.6 Å². The first-order valence-corrected chi connectivity index (χ1v) is 14.9. The van der Waals surface area contributed by atoms with Gasteiger partial charge in [0, 0.05) is 48.0 Å². The van der Waals surface area contributed by atoms with Crippen LogP contribution in [0.5, 0.6) is 0 Å². The molecule has 3 heterocycles. The van der Waals surface area contributed by atoms with Crippen molar-refractivity contribution in [3.63, 3.8) is 0 Å². The second-order valence-corrected chi connectivity index (χ2v) is 13.5. The molecule has 0 radical (unpaired) electrons. The lowest BCUT2D eigenvalue weighted by molar-refractivity contribution is -0.115. The van der Waals surface area contributed by atoms with Gasteiger partial charge in [0.1, 0.15) is 28.6 Å². The standard InChI is InChI=1S/C27H34BrN7O6S/c1-26(2,3)40-24(38)29-15-20(37)30-18-12-16(11-17(28)13-18)22-32-35-21(14-19(36)31-23(35)42-22)33-7-9-34(10-8-33)25(39)41-27(4,5)6/h11-14H,7-10,15H2,1-6H3,(H,29,38)(H,30,37). The van der Waals surface area contributed by atoms with E-state index in [1.807, 2.05) is 31.7 Å². The summed E-state index contributed by atoms with van der Waals surface area (Å²) in [6.45, 7) is 12.3. The Bertz CT molecular complexity index is 1550. The zero-order valence-corrected chi connectivity index (χ0v) is 26.7. The number of rotatable bonds is 5. The number of hydrogen-bond acceptors (Lipinski definition) is 10. The topological polar surface area (TPSA) is 147 Å². The van der Waals surface area contributed by atoms with E-state index in [9.17, 15) is 19.2 Å². The van der Waals surface area contributed by atoms with Gasteiger partial charge >= 0.3 is 12.2 Å². The van der Waals surface area contributed by atoms with E-state index in [4.69, 9.17) is 14.6 Å². The van der Waals surface area contributed by atoms with Crippen molar-refractivity contribution in [2.45, 2.75) is 52.7 Å². The quantitative estimate of drug-likeness (QED) is 0.412. The molecule has 2 N–H and O–H groups in total. The third-order valence-corrected chi connectivity index (χ3v) is 7.13. The number of amides is 3. The fourth-order valence-electron chi connectivity index (χ4n) is 4.04. The van der Waals surface area contributed by atoms with E-state index in [1.165, 1.54) is 17.4 Å². The number of halogens is 1. The van der Waals surface area contributed by atoms with Crippen molar-refractivity contribution in [2.75, 3.05) is 42.9 Å². The number of fused-ring (bicyclic) bond motifs is 1. The molecule has 1 aromatic carbocycles. The zero-order valence-electron chi connectivity index (χ0n) is 24.3. The van der Waals surface area contributed by atoms with Gasteiger partial charge in [0.15, 0.2) is 0 Å². The molecule has 1 aliphatic rings. The first-order valence-electron chi connectivity index (χ1n) is 13.3. The van der Waals surface area contributed by atoms with E-state index in [2.05, 4.69) is 31.5 Å². The van der Waals surface area contributed by atoms with Crippen LogP contribution in [-0.2, 0) is 14.3 Å². The summed E-state index contributed by atoms with van der Waals surface area (Å²) in [6, 6.07) is 6.73. The monoisotopic (exact) mass is 663 g/mol. The number of benzene rings is 1. The van der Waals surface area contributed by atoms with Crippen LogP contribution >= 0.6 is 27.3 Å². The predicted octanol–water partition coefficient (Wildman–Crippen LogP) is 4.10. The lowest BCUT2D eigenvalue weighted by atomic mass is 10.2. The summed E-state index contributed by atoms with van der Waals surface area (Å²) >= 11 is 4.71. The smallest absolute Gasteiger partial charge is 0.410 e. The fraction of sp³-hybridized carbons (Fsp3) is 0.481. The Kier molecular flexibility index (Phi) is 9.11. The molecule has 0 saturated carbocycles. The van der Waals surface area contributed by atoms with E-state index >= 15 is 0 Å². The molecular formula is C27H34BrN7O6S. The van der Waals surface area contributed by atoms with E-state index in [-0.39, 0.29) is 12.6 Å². The maximum atomic E-state index is 12.5. The molecule has 3 aromatic rings. The van der Waals surface area contributed by atoms with Crippen LogP contribution < -0.4 is 21.1 Å². The average Bonchev–Trinajstić information content (AvgIpc) is 3.29. The van der Waals surface area contributed by atoms with Gasteiger partial charge in [-0.25, -0.2) is 9.59 Å². The highest BCUT2D eigenvalue weighted by Crippen LogP contribution is 2.31. The van der Waals surface area contributed by atoms with Crippen molar-refractivity contribution in [1.82, 2.24) is 24.8 Å². The number of carbonyl (C=O) groups excluding carboxylic acids is 3. The number of ether oxygens (including phenoxy) is 2. The van der Waals surface area contributed by atoms with Crippen molar-refractivity contribution in [3.8, 4) is 10.6 Å². The van der Waals surface area contributed by atoms with Crippen LogP contribution in [0, 0.1) is 0 Å². The van der Waals surface area contributed by atoms with Crippen LogP contribution in [0.25, 0.3) is 15.5 Å². The highest BCUT2D eigenvalue weighted by atomic mass is 79.9. The largest absolute Gasteiger partial charge is 0.444 e. The summed E-state index contributed by atoms with van der Waals surface area (Å²) in [5.74, 6) is 0.141. The Morgan fingerprint density at radius 2 is 1.64 bits per heavy atom. The Morgan fingerprint density at radius 3 is 2.29 bits per heavy atom. The summed E-state index contributed by atoms with van der Waals surface area (Å²) in [5, 5.41) is 10.5.